The van der Waals surface area contributed by atoms with Crippen LogP contribution in [0.4, 0.5) is 14.5 Å². The van der Waals surface area contributed by atoms with Crippen LogP contribution in [0.25, 0.3) is 5.82 Å². The van der Waals surface area contributed by atoms with Gasteiger partial charge in [0.25, 0.3) is 18.2 Å². The highest BCUT2D eigenvalue weighted by atomic mass is 127. The van der Waals surface area contributed by atoms with Gasteiger partial charge in [0.05, 0.1) is 16.3 Å². The number of amides is 2. The summed E-state index contributed by atoms with van der Waals surface area (Å²) in [5, 5.41) is 6.45. The Morgan fingerprint density at radius 2 is 2.03 bits per heavy atom. The van der Waals surface area contributed by atoms with E-state index in [4.69, 9.17) is 17.3 Å². The molecule has 0 aliphatic carbocycles. The Morgan fingerprint density at radius 3 is 2.66 bits per heavy atom. The lowest BCUT2D eigenvalue weighted by Crippen LogP contribution is -2.22. The summed E-state index contributed by atoms with van der Waals surface area (Å²) in [7, 11) is 0. The average molecular weight is 532 g/mol. The highest BCUT2D eigenvalue weighted by Crippen LogP contribution is 2.27. The zero-order chi connectivity index (χ0) is 21.3. The summed E-state index contributed by atoms with van der Waals surface area (Å²) in [6, 6.07) is 7.24. The summed E-state index contributed by atoms with van der Waals surface area (Å²) >= 11 is 8.10. The number of alkyl halides is 2. The number of nitrogens with two attached hydrogens (primary N) is 1. The van der Waals surface area contributed by atoms with Gasteiger partial charge in [-0.2, -0.15) is 5.10 Å². The standard InChI is InChI=1S/C18H13ClF2IN5O2/c1-8-5-9(22)6-10(16(23)28)14(8)25-18(29)13-7-12(15(20)21)26-27(13)17-11(19)3-2-4-24-17/h2-7,15H,1H3,(H2,23,28)(H,25,29). The van der Waals surface area contributed by atoms with Gasteiger partial charge in [0.2, 0.25) is 0 Å². The Bertz CT molecular complexity index is 1120. The van der Waals surface area contributed by atoms with Gasteiger partial charge in [-0.3, -0.25) is 9.59 Å². The van der Waals surface area contributed by atoms with Gasteiger partial charge in [0.1, 0.15) is 11.4 Å². The molecule has 2 aromatic heterocycles. The van der Waals surface area contributed by atoms with Crippen molar-refractivity contribution in [3.05, 3.63) is 67.6 Å². The van der Waals surface area contributed by atoms with Crippen LogP contribution in [-0.2, 0) is 0 Å². The third-order valence-electron chi connectivity index (χ3n) is 3.93. The molecule has 3 aromatic rings. The first-order valence-corrected chi connectivity index (χ1v) is 9.55. The summed E-state index contributed by atoms with van der Waals surface area (Å²) in [6.07, 6.45) is -1.52. The zero-order valence-electron chi connectivity index (χ0n) is 14.8. The molecule has 0 aliphatic heterocycles. The predicted molar refractivity (Wildman–Crippen MR) is 112 cm³/mol. The molecular formula is C18H13ClF2IN5O2. The minimum Gasteiger partial charge on any atom is -0.366 e. The van der Waals surface area contributed by atoms with E-state index in [0.717, 1.165) is 14.3 Å². The Kier molecular flexibility index (Phi) is 6.13. The van der Waals surface area contributed by atoms with Crippen LogP contribution in [0.5, 0.6) is 0 Å². The topological polar surface area (TPSA) is 103 Å². The van der Waals surface area contributed by atoms with Crippen LogP contribution >= 0.6 is 34.2 Å². The van der Waals surface area contributed by atoms with Gasteiger partial charge in [-0.1, -0.05) is 11.6 Å². The maximum atomic E-state index is 13.2. The van der Waals surface area contributed by atoms with Crippen LogP contribution in [0.3, 0.4) is 0 Å². The number of anilines is 1. The number of hydrogen-bond acceptors (Lipinski definition) is 4. The van der Waals surface area contributed by atoms with Crippen LogP contribution in [-0.4, -0.2) is 26.6 Å². The Balaban J connectivity index is 2.09. The number of hydrogen-bond donors (Lipinski definition) is 2. The molecule has 0 fully saturated rings. The number of rotatable bonds is 5. The number of carbonyl (C=O) groups is 2. The van der Waals surface area contributed by atoms with E-state index in [1.165, 1.54) is 18.3 Å². The molecule has 7 nitrogen and oxygen atoms in total. The highest BCUT2D eigenvalue weighted by molar-refractivity contribution is 14.1. The maximum Gasteiger partial charge on any atom is 0.282 e. The molecule has 1 aromatic carbocycles. The number of pyridine rings is 1. The van der Waals surface area contributed by atoms with E-state index >= 15 is 0 Å². The van der Waals surface area contributed by atoms with Gasteiger partial charge < -0.3 is 11.1 Å². The van der Waals surface area contributed by atoms with Crippen molar-refractivity contribution in [3.8, 4) is 5.82 Å². The smallest absolute Gasteiger partial charge is 0.282 e. The normalized spacial score (nSPS) is 11.0. The lowest BCUT2D eigenvalue weighted by atomic mass is 10.1. The first-order chi connectivity index (χ1) is 13.7. The van der Waals surface area contributed by atoms with Crippen molar-refractivity contribution >= 4 is 51.7 Å². The van der Waals surface area contributed by atoms with Gasteiger partial charge in [-0.25, -0.2) is 18.4 Å². The molecule has 0 unspecified atom stereocenters. The molecule has 0 bridgehead atoms. The van der Waals surface area contributed by atoms with E-state index in [0.29, 0.717) is 5.56 Å². The molecule has 150 valence electrons. The van der Waals surface area contributed by atoms with Crippen LogP contribution in [0, 0.1) is 10.5 Å². The number of nitrogens with zero attached hydrogens (tertiary/aromatic N) is 3. The maximum absolute atomic E-state index is 13.2. The van der Waals surface area contributed by atoms with Crippen molar-refractivity contribution < 1.29 is 18.4 Å². The lowest BCUT2D eigenvalue weighted by molar-refractivity contribution is 0.100. The minimum absolute atomic E-state index is 0.0145. The Morgan fingerprint density at radius 1 is 1.31 bits per heavy atom. The van der Waals surface area contributed by atoms with Crippen LogP contribution in [0.2, 0.25) is 5.02 Å². The summed E-state index contributed by atoms with van der Waals surface area (Å²) in [5.74, 6) is -1.50. The summed E-state index contributed by atoms with van der Waals surface area (Å²) in [6.45, 7) is 1.68. The first kappa shape index (κ1) is 21.1. The molecule has 0 saturated carbocycles. The molecular weight excluding hydrogens is 519 g/mol. The van der Waals surface area contributed by atoms with Gasteiger partial charge in [0, 0.05) is 9.77 Å². The second-order valence-corrected chi connectivity index (χ2v) is 7.59. The van der Waals surface area contributed by atoms with Gasteiger partial charge >= 0.3 is 0 Å². The second kappa shape index (κ2) is 8.41. The summed E-state index contributed by atoms with van der Waals surface area (Å²) in [5.41, 5.74) is 5.42. The molecule has 0 spiro atoms. The zero-order valence-corrected chi connectivity index (χ0v) is 17.7. The van der Waals surface area contributed by atoms with E-state index in [1.54, 1.807) is 19.1 Å². The number of nitrogens with one attached hydrogen (secondary N) is 1. The van der Waals surface area contributed by atoms with Crippen molar-refractivity contribution in [2.75, 3.05) is 5.32 Å². The number of aryl methyl sites for hydroxylation is 1. The molecule has 11 heteroatoms. The van der Waals surface area contributed by atoms with Crippen LogP contribution in [0.15, 0.2) is 36.5 Å². The third kappa shape index (κ3) is 4.37. The van der Waals surface area contributed by atoms with Gasteiger partial charge in [0.15, 0.2) is 5.82 Å². The van der Waals surface area contributed by atoms with Gasteiger partial charge in [-0.05, 0) is 65.4 Å². The van der Waals surface area contributed by atoms with E-state index in [-0.39, 0.29) is 27.8 Å². The monoisotopic (exact) mass is 531 g/mol. The highest BCUT2D eigenvalue weighted by Gasteiger charge is 2.24. The van der Waals surface area contributed by atoms with E-state index in [1.807, 2.05) is 22.6 Å². The van der Waals surface area contributed by atoms with Crippen molar-refractivity contribution in [1.29, 1.82) is 0 Å². The number of aromatic nitrogens is 3. The second-order valence-electron chi connectivity index (χ2n) is 5.94. The van der Waals surface area contributed by atoms with E-state index < -0.39 is 23.9 Å². The number of primary amides is 1. The van der Waals surface area contributed by atoms with Crippen LogP contribution in [0.1, 0.15) is 38.5 Å². The fraction of sp³-hybridized carbons (Fsp3) is 0.111. The molecule has 2 amide bonds. The molecule has 0 saturated heterocycles. The lowest BCUT2D eigenvalue weighted by Gasteiger charge is -2.14. The van der Waals surface area contributed by atoms with Gasteiger partial charge in [-0.15, -0.1) is 0 Å². The third-order valence-corrected chi connectivity index (χ3v) is 4.85. The molecule has 0 radical (unpaired) electrons. The minimum atomic E-state index is -2.91. The predicted octanol–water partition coefficient (Wildman–Crippen LogP) is 4.12. The Hall–Kier alpha value is -2.60. The number of carbonyl (C=O) groups excluding carboxylic acids is 2. The number of halogens is 4. The van der Waals surface area contributed by atoms with Crippen molar-refractivity contribution in [1.82, 2.24) is 14.8 Å². The molecule has 29 heavy (non-hydrogen) atoms. The molecule has 3 rings (SSSR count). The SMILES string of the molecule is Cc1cc(I)cc(C(N)=O)c1NC(=O)c1cc(C(F)F)nn1-c1ncccc1Cl. The molecule has 3 N–H and O–H groups in total. The summed E-state index contributed by atoms with van der Waals surface area (Å²) < 4.78 is 28.1. The molecule has 2 heterocycles. The quantitative estimate of drug-likeness (QED) is 0.484. The fourth-order valence-corrected chi connectivity index (χ4v) is 3.62. The average Bonchev–Trinajstić information content (AvgIpc) is 3.09. The van der Waals surface area contributed by atoms with Crippen LogP contribution < -0.4 is 11.1 Å². The van der Waals surface area contributed by atoms with E-state index in [2.05, 4.69) is 15.4 Å². The first-order valence-electron chi connectivity index (χ1n) is 8.09. The number of benzene rings is 1. The summed E-state index contributed by atoms with van der Waals surface area (Å²) in [4.78, 5) is 28.7. The van der Waals surface area contributed by atoms with E-state index in [9.17, 15) is 18.4 Å². The molecule has 0 aliphatic rings. The van der Waals surface area contributed by atoms with Crippen molar-refractivity contribution in [3.63, 3.8) is 0 Å². The van der Waals surface area contributed by atoms with Crippen molar-refractivity contribution in [2.45, 2.75) is 13.3 Å². The Labute approximate surface area is 182 Å². The largest absolute Gasteiger partial charge is 0.366 e. The fourth-order valence-electron chi connectivity index (χ4n) is 2.64. The molecule has 0 atom stereocenters. The van der Waals surface area contributed by atoms with Crippen molar-refractivity contribution in [2.24, 2.45) is 5.73 Å².